The van der Waals surface area contributed by atoms with Crippen molar-refractivity contribution in [1.82, 2.24) is 0 Å². The molecule has 0 amide bonds. The Hall–Kier alpha value is -1.16. The molecule has 16 heavy (non-hydrogen) atoms. The smallest absolute Gasteiger partial charge is 0.194 e. The van der Waals surface area contributed by atoms with Crippen LogP contribution in [0.15, 0.2) is 36.4 Å². The van der Waals surface area contributed by atoms with Crippen LogP contribution in [0.2, 0.25) is 0 Å². The second kappa shape index (κ2) is 3.42. The molecule has 0 N–H and O–H groups in total. The van der Waals surface area contributed by atoms with Crippen LogP contribution in [-0.2, 0) is 0 Å². The molecule has 1 aliphatic carbocycles. The Kier molecular flexibility index (Phi) is 2.14. The lowest BCUT2D eigenvalue weighted by molar-refractivity contribution is 0.104. The van der Waals surface area contributed by atoms with E-state index in [1.54, 1.807) is 0 Å². The SMILES string of the molecule is Cc1ccc2c(c1)-c1cc(I)ccc1C2=O. The maximum atomic E-state index is 12.1. The van der Waals surface area contributed by atoms with Crippen molar-refractivity contribution in [3.8, 4) is 11.1 Å². The van der Waals surface area contributed by atoms with E-state index in [1.807, 2.05) is 24.3 Å². The number of hydrogen-bond acceptors (Lipinski definition) is 1. The molecule has 0 radical (unpaired) electrons. The second-order valence-corrected chi connectivity index (χ2v) is 5.31. The van der Waals surface area contributed by atoms with Crippen molar-refractivity contribution in [3.05, 3.63) is 56.7 Å². The maximum Gasteiger partial charge on any atom is 0.194 e. The highest BCUT2D eigenvalue weighted by atomic mass is 127. The lowest BCUT2D eigenvalue weighted by Crippen LogP contribution is -1.94. The van der Waals surface area contributed by atoms with Crippen LogP contribution in [0.5, 0.6) is 0 Å². The third kappa shape index (κ3) is 1.33. The Bertz CT molecular complexity index is 561. The molecule has 78 valence electrons. The Labute approximate surface area is 108 Å². The van der Waals surface area contributed by atoms with Crippen molar-refractivity contribution >= 4 is 28.4 Å². The molecule has 2 aromatic carbocycles. The molecule has 0 spiro atoms. The van der Waals surface area contributed by atoms with Gasteiger partial charge in [-0.3, -0.25) is 4.79 Å². The van der Waals surface area contributed by atoms with Gasteiger partial charge >= 0.3 is 0 Å². The number of carbonyl (C=O) groups is 1. The van der Waals surface area contributed by atoms with Crippen molar-refractivity contribution in [2.75, 3.05) is 0 Å². The Morgan fingerprint density at radius 1 is 0.875 bits per heavy atom. The molecule has 0 fully saturated rings. The minimum Gasteiger partial charge on any atom is -0.289 e. The molecule has 0 aliphatic heterocycles. The summed E-state index contributed by atoms with van der Waals surface area (Å²) < 4.78 is 1.17. The van der Waals surface area contributed by atoms with Gasteiger partial charge in [-0.1, -0.05) is 23.8 Å². The third-order valence-corrected chi connectivity index (χ3v) is 3.61. The topological polar surface area (TPSA) is 17.1 Å². The first-order valence-corrected chi connectivity index (χ1v) is 6.20. The highest BCUT2D eigenvalue weighted by Gasteiger charge is 2.26. The number of fused-ring (bicyclic) bond motifs is 3. The Morgan fingerprint density at radius 3 is 2.25 bits per heavy atom. The second-order valence-electron chi connectivity index (χ2n) is 4.07. The largest absolute Gasteiger partial charge is 0.289 e. The number of hydrogen-bond donors (Lipinski definition) is 0. The van der Waals surface area contributed by atoms with E-state index in [4.69, 9.17) is 0 Å². The molecule has 2 aromatic rings. The van der Waals surface area contributed by atoms with Gasteiger partial charge in [0.2, 0.25) is 0 Å². The number of carbonyl (C=O) groups excluding carboxylic acids is 1. The maximum absolute atomic E-state index is 12.1. The fourth-order valence-electron chi connectivity index (χ4n) is 2.16. The van der Waals surface area contributed by atoms with E-state index in [-0.39, 0.29) is 5.78 Å². The lowest BCUT2D eigenvalue weighted by atomic mass is 10.0. The molecule has 0 saturated heterocycles. The van der Waals surface area contributed by atoms with Crippen LogP contribution in [0.1, 0.15) is 21.5 Å². The molecule has 3 rings (SSSR count). The number of ketones is 1. The van der Waals surface area contributed by atoms with E-state index in [9.17, 15) is 4.79 Å². The van der Waals surface area contributed by atoms with E-state index in [1.165, 1.54) is 9.13 Å². The lowest BCUT2D eigenvalue weighted by Gasteiger charge is -2.01. The number of rotatable bonds is 0. The summed E-state index contributed by atoms with van der Waals surface area (Å²) in [6.45, 7) is 2.05. The van der Waals surface area contributed by atoms with Gasteiger partial charge in [0, 0.05) is 14.7 Å². The minimum absolute atomic E-state index is 0.154. The molecule has 0 unspecified atom stereocenters. The zero-order valence-corrected chi connectivity index (χ0v) is 10.9. The average Bonchev–Trinajstić information content (AvgIpc) is 2.52. The van der Waals surface area contributed by atoms with E-state index >= 15 is 0 Å². The molecule has 1 aliphatic rings. The fraction of sp³-hybridized carbons (Fsp3) is 0.0714. The van der Waals surface area contributed by atoms with Gasteiger partial charge in [-0.25, -0.2) is 0 Å². The molecule has 2 heteroatoms. The molecule has 1 nitrogen and oxygen atoms in total. The van der Waals surface area contributed by atoms with Gasteiger partial charge in [0.1, 0.15) is 0 Å². The van der Waals surface area contributed by atoms with Crippen molar-refractivity contribution in [1.29, 1.82) is 0 Å². The average molecular weight is 320 g/mol. The third-order valence-electron chi connectivity index (χ3n) is 2.94. The first-order chi connectivity index (χ1) is 7.66. The minimum atomic E-state index is 0.154. The monoisotopic (exact) mass is 320 g/mol. The Morgan fingerprint density at radius 2 is 1.50 bits per heavy atom. The van der Waals surface area contributed by atoms with Crippen LogP contribution in [0.4, 0.5) is 0 Å². The van der Waals surface area contributed by atoms with Crippen LogP contribution >= 0.6 is 22.6 Å². The highest BCUT2D eigenvalue weighted by Crippen LogP contribution is 2.37. The van der Waals surface area contributed by atoms with E-state index in [0.29, 0.717) is 0 Å². The molecule has 0 saturated carbocycles. The van der Waals surface area contributed by atoms with Crippen LogP contribution in [0.3, 0.4) is 0 Å². The molecule has 0 atom stereocenters. The van der Waals surface area contributed by atoms with E-state index < -0.39 is 0 Å². The summed E-state index contributed by atoms with van der Waals surface area (Å²) in [4.78, 5) is 12.1. The summed E-state index contributed by atoms with van der Waals surface area (Å²) in [5.41, 5.74) is 5.02. The fourth-order valence-corrected chi connectivity index (χ4v) is 2.65. The Balaban J connectivity index is 2.37. The summed E-state index contributed by atoms with van der Waals surface area (Å²) in [5.74, 6) is 0.154. The summed E-state index contributed by atoms with van der Waals surface area (Å²) in [5, 5.41) is 0. The zero-order chi connectivity index (χ0) is 11.3. The van der Waals surface area contributed by atoms with Crippen LogP contribution in [0, 0.1) is 10.5 Å². The first kappa shape index (κ1) is 10.0. The van der Waals surface area contributed by atoms with Crippen LogP contribution in [-0.4, -0.2) is 5.78 Å². The van der Waals surface area contributed by atoms with Gasteiger partial charge in [0.25, 0.3) is 0 Å². The van der Waals surface area contributed by atoms with Gasteiger partial charge in [-0.05, 0) is 58.8 Å². The van der Waals surface area contributed by atoms with Crippen molar-refractivity contribution in [2.24, 2.45) is 0 Å². The highest BCUT2D eigenvalue weighted by molar-refractivity contribution is 14.1. The van der Waals surface area contributed by atoms with Crippen molar-refractivity contribution < 1.29 is 4.79 Å². The van der Waals surface area contributed by atoms with Crippen LogP contribution < -0.4 is 0 Å². The van der Waals surface area contributed by atoms with E-state index in [0.717, 1.165) is 22.3 Å². The predicted octanol–water partition coefficient (Wildman–Crippen LogP) is 3.81. The van der Waals surface area contributed by atoms with Gasteiger partial charge in [0.05, 0.1) is 0 Å². The van der Waals surface area contributed by atoms with Crippen molar-refractivity contribution in [2.45, 2.75) is 6.92 Å². The number of benzene rings is 2. The van der Waals surface area contributed by atoms with Gasteiger partial charge in [0.15, 0.2) is 5.78 Å². The number of aryl methyl sites for hydroxylation is 1. The van der Waals surface area contributed by atoms with Gasteiger partial charge < -0.3 is 0 Å². The summed E-state index contributed by atoms with van der Waals surface area (Å²) in [6.07, 6.45) is 0. The van der Waals surface area contributed by atoms with Crippen molar-refractivity contribution in [3.63, 3.8) is 0 Å². The molecule has 0 heterocycles. The summed E-state index contributed by atoms with van der Waals surface area (Å²) in [6, 6.07) is 12.0. The normalized spacial score (nSPS) is 12.5. The quantitative estimate of drug-likeness (QED) is 0.576. The molecular formula is C14H9IO. The van der Waals surface area contributed by atoms with Gasteiger partial charge in [-0.15, -0.1) is 0 Å². The summed E-state index contributed by atoms with van der Waals surface area (Å²) in [7, 11) is 0. The predicted molar refractivity (Wildman–Crippen MR) is 72.8 cm³/mol. The molecular weight excluding hydrogens is 311 g/mol. The summed E-state index contributed by atoms with van der Waals surface area (Å²) >= 11 is 2.28. The van der Waals surface area contributed by atoms with Gasteiger partial charge in [-0.2, -0.15) is 0 Å². The number of halogens is 1. The standard InChI is InChI=1S/C14H9IO/c1-8-2-4-10-12(6-8)13-7-9(15)3-5-11(13)14(10)16/h2-7H,1H3. The zero-order valence-electron chi connectivity index (χ0n) is 8.75. The first-order valence-electron chi connectivity index (χ1n) is 5.12. The van der Waals surface area contributed by atoms with Crippen LogP contribution in [0.25, 0.3) is 11.1 Å². The van der Waals surface area contributed by atoms with E-state index in [2.05, 4.69) is 41.6 Å². The molecule has 0 bridgehead atoms. The molecule has 0 aromatic heterocycles.